The maximum Gasteiger partial charge on any atom is 0.276 e. The maximum absolute atomic E-state index is 12.7. The summed E-state index contributed by atoms with van der Waals surface area (Å²) < 4.78 is 10.7. The fraction of sp³-hybridized carbons (Fsp3) is 0.765. The first-order chi connectivity index (χ1) is 11.3. The number of hydrogen-bond donors (Lipinski definition) is 0. The first-order valence-electron chi connectivity index (χ1n) is 8.85. The average molecular weight is 319 g/mol. The fourth-order valence-corrected chi connectivity index (χ4v) is 3.66. The van der Waals surface area contributed by atoms with E-state index in [0.29, 0.717) is 17.5 Å². The molecule has 0 N–H and O–H groups in total. The van der Waals surface area contributed by atoms with Gasteiger partial charge in [0, 0.05) is 44.7 Å². The number of carbonyl (C=O) groups excluding carboxylic acids is 1. The van der Waals surface area contributed by atoms with Gasteiger partial charge in [0.2, 0.25) is 0 Å². The van der Waals surface area contributed by atoms with Gasteiger partial charge in [-0.25, -0.2) is 0 Å². The topological polar surface area (TPSA) is 58.8 Å². The van der Waals surface area contributed by atoms with Crippen LogP contribution in [0, 0.1) is 5.92 Å². The van der Waals surface area contributed by atoms with Crippen molar-refractivity contribution in [3.05, 3.63) is 17.5 Å². The summed E-state index contributed by atoms with van der Waals surface area (Å²) >= 11 is 0. The highest BCUT2D eigenvalue weighted by Gasteiger charge is 2.31. The van der Waals surface area contributed by atoms with Gasteiger partial charge < -0.3 is 14.2 Å². The molecule has 3 heterocycles. The lowest BCUT2D eigenvalue weighted by molar-refractivity contribution is 0.0222. The molecule has 4 rings (SSSR count). The van der Waals surface area contributed by atoms with E-state index in [1.54, 1.807) is 0 Å². The molecule has 3 fully saturated rings. The van der Waals surface area contributed by atoms with Crippen molar-refractivity contribution < 1.29 is 14.1 Å². The number of nitrogens with zero attached hydrogens (tertiary/aromatic N) is 3. The van der Waals surface area contributed by atoms with E-state index in [2.05, 4.69) is 10.1 Å². The molecule has 1 atom stereocenters. The summed E-state index contributed by atoms with van der Waals surface area (Å²) in [5.41, 5.74) is 0.485. The van der Waals surface area contributed by atoms with E-state index >= 15 is 0 Å². The van der Waals surface area contributed by atoms with Crippen LogP contribution < -0.4 is 0 Å². The van der Waals surface area contributed by atoms with E-state index in [1.807, 2.05) is 11.0 Å². The molecule has 0 radical (unpaired) electrons. The summed E-state index contributed by atoms with van der Waals surface area (Å²) in [7, 11) is 0. The van der Waals surface area contributed by atoms with Gasteiger partial charge in [-0.1, -0.05) is 5.16 Å². The Bertz CT molecular complexity index is 549. The van der Waals surface area contributed by atoms with E-state index < -0.39 is 0 Å². The highest BCUT2D eigenvalue weighted by Crippen LogP contribution is 2.40. The first-order valence-corrected chi connectivity index (χ1v) is 8.85. The molecule has 0 aromatic carbocycles. The average Bonchev–Trinajstić information content (AvgIpc) is 3.33. The summed E-state index contributed by atoms with van der Waals surface area (Å²) in [5.74, 6) is 1.97. The van der Waals surface area contributed by atoms with Crippen molar-refractivity contribution in [1.82, 2.24) is 15.0 Å². The minimum atomic E-state index is 0.0346. The number of piperidine rings is 1. The van der Waals surface area contributed by atoms with Gasteiger partial charge in [-0.3, -0.25) is 9.69 Å². The third-order valence-electron chi connectivity index (χ3n) is 5.15. The van der Waals surface area contributed by atoms with Crippen molar-refractivity contribution in [2.45, 2.75) is 31.6 Å². The molecule has 2 saturated heterocycles. The van der Waals surface area contributed by atoms with Crippen LogP contribution in [-0.4, -0.2) is 66.8 Å². The SMILES string of the molecule is O=C(c1cc(C2CC2)on1)N1CCC[C@H](CN2CCOCC2)C1. The van der Waals surface area contributed by atoms with Crippen LogP contribution in [-0.2, 0) is 4.74 Å². The third-order valence-corrected chi connectivity index (χ3v) is 5.15. The van der Waals surface area contributed by atoms with Crippen molar-refractivity contribution in [3.8, 4) is 0 Å². The molecule has 6 heteroatoms. The Morgan fingerprint density at radius 2 is 2.04 bits per heavy atom. The number of aromatic nitrogens is 1. The Balaban J connectivity index is 1.34. The van der Waals surface area contributed by atoms with Gasteiger partial charge in [0.25, 0.3) is 5.91 Å². The van der Waals surface area contributed by atoms with Crippen molar-refractivity contribution >= 4 is 5.91 Å². The highest BCUT2D eigenvalue weighted by molar-refractivity contribution is 5.92. The zero-order valence-corrected chi connectivity index (χ0v) is 13.6. The van der Waals surface area contributed by atoms with Crippen LogP contribution in [0.15, 0.2) is 10.6 Å². The maximum atomic E-state index is 12.7. The number of ether oxygens (including phenoxy) is 1. The Hall–Kier alpha value is -1.40. The lowest BCUT2D eigenvalue weighted by Crippen LogP contribution is -2.46. The van der Waals surface area contributed by atoms with Crippen LogP contribution in [0.3, 0.4) is 0 Å². The molecule has 1 aromatic rings. The Kier molecular flexibility index (Phi) is 4.35. The second-order valence-electron chi connectivity index (χ2n) is 7.06. The lowest BCUT2D eigenvalue weighted by atomic mass is 9.97. The minimum absolute atomic E-state index is 0.0346. The van der Waals surface area contributed by atoms with Crippen molar-refractivity contribution in [2.24, 2.45) is 5.92 Å². The number of likely N-dealkylation sites (tertiary alicyclic amines) is 1. The molecule has 1 aromatic heterocycles. The van der Waals surface area contributed by atoms with E-state index in [1.165, 1.54) is 6.42 Å². The molecule has 126 valence electrons. The van der Waals surface area contributed by atoms with Gasteiger partial charge in [0.15, 0.2) is 5.69 Å². The van der Waals surface area contributed by atoms with Gasteiger partial charge in [0.05, 0.1) is 13.2 Å². The molecule has 1 saturated carbocycles. The largest absolute Gasteiger partial charge is 0.379 e. The standard InChI is InChI=1S/C17H25N3O3/c21-17(15-10-16(23-18-15)14-3-4-14)20-5-1-2-13(12-20)11-19-6-8-22-9-7-19/h10,13-14H,1-9,11-12H2/t13-/m1/s1. The molecule has 6 nitrogen and oxygen atoms in total. The molecule has 2 aliphatic heterocycles. The molecule has 1 aliphatic carbocycles. The van der Waals surface area contributed by atoms with E-state index in [0.717, 1.165) is 71.0 Å². The second kappa shape index (κ2) is 6.61. The van der Waals surface area contributed by atoms with E-state index in [4.69, 9.17) is 9.26 Å². The number of rotatable bonds is 4. The van der Waals surface area contributed by atoms with Crippen LogP contribution in [0.25, 0.3) is 0 Å². The Labute approximate surface area is 136 Å². The molecule has 1 amide bonds. The van der Waals surface area contributed by atoms with Crippen molar-refractivity contribution in [1.29, 1.82) is 0 Å². The van der Waals surface area contributed by atoms with Crippen LogP contribution in [0.5, 0.6) is 0 Å². The molecule has 23 heavy (non-hydrogen) atoms. The highest BCUT2D eigenvalue weighted by atomic mass is 16.5. The van der Waals surface area contributed by atoms with Gasteiger partial charge in [-0.2, -0.15) is 0 Å². The minimum Gasteiger partial charge on any atom is -0.379 e. The van der Waals surface area contributed by atoms with Crippen molar-refractivity contribution in [3.63, 3.8) is 0 Å². The molecular weight excluding hydrogens is 294 g/mol. The number of morpholine rings is 1. The predicted octanol–water partition coefficient (Wildman–Crippen LogP) is 1.74. The Morgan fingerprint density at radius 1 is 1.22 bits per heavy atom. The summed E-state index contributed by atoms with van der Waals surface area (Å²) in [6, 6.07) is 1.85. The van der Waals surface area contributed by atoms with Gasteiger partial charge >= 0.3 is 0 Å². The molecule has 0 unspecified atom stereocenters. The van der Waals surface area contributed by atoms with Crippen LogP contribution in [0.4, 0.5) is 0 Å². The van der Waals surface area contributed by atoms with Gasteiger partial charge in [-0.05, 0) is 31.6 Å². The lowest BCUT2D eigenvalue weighted by Gasteiger charge is -2.36. The number of amides is 1. The predicted molar refractivity (Wildman–Crippen MR) is 84.4 cm³/mol. The van der Waals surface area contributed by atoms with Crippen LogP contribution in [0.2, 0.25) is 0 Å². The molecule has 3 aliphatic rings. The molecule has 0 spiro atoms. The van der Waals surface area contributed by atoms with Crippen LogP contribution >= 0.6 is 0 Å². The van der Waals surface area contributed by atoms with E-state index in [9.17, 15) is 4.79 Å². The fourth-order valence-electron chi connectivity index (χ4n) is 3.66. The zero-order valence-electron chi connectivity index (χ0n) is 13.6. The smallest absolute Gasteiger partial charge is 0.276 e. The normalized spacial score (nSPS) is 26.4. The second-order valence-corrected chi connectivity index (χ2v) is 7.06. The summed E-state index contributed by atoms with van der Waals surface area (Å²) in [5, 5.41) is 4.00. The molecule has 0 bridgehead atoms. The quantitative estimate of drug-likeness (QED) is 0.846. The zero-order chi connectivity index (χ0) is 15.6. The first kappa shape index (κ1) is 15.1. The van der Waals surface area contributed by atoms with Crippen molar-refractivity contribution in [2.75, 3.05) is 45.9 Å². The van der Waals surface area contributed by atoms with Crippen LogP contribution in [0.1, 0.15) is 47.8 Å². The number of hydrogen-bond acceptors (Lipinski definition) is 5. The van der Waals surface area contributed by atoms with Gasteiger partial charge in [0.1, 0.15) is 5.76 Å². The summed E-state index contributed by atoms with van der Waals surface area (Å²) in [6.45, 7) is 6.43. The number of carbonyl (C=O) groups is 1. The summed E-state index contributed by atoms with van der Waals surface area (Å²) in [6.07, 6.45) is 4.60. The monoisotopic (exact) mass is 319 g/mol. The van der Waals surface area contributed by atoms with Gasteiger partial charge in [-0.15, -0.1) is 0 Å². The Morgan fingerprint density at radius 3 is 2.83 bits per heavy atom. The summed E-state index contributed by atoms with van der Waals surface area (Å²) in [4.78, 5) is 17.1. The molecular formula is C17H25N3O3. The third kappa shape index (κ3) is 3.58. The van der Waals surface area contributed by atoms with E-state index in [-0.39, 0.29) is 5.91 Å².